The number of benzene rings is 1. The molecule has 22 heavy (non-hydrogen) atoms. The summed E-state index contributed by atoms with van der Waals surface area (Å²) in [6, 6.07) is 10.3. The maximum atomic E-state index is 11.8. The molecule has 0 saturated heterocycles. The number of anilines is 1. The van der Waals surface area contributed by atoms with Gasteiger partial charge in [0.1, 0.15) is 11.3 Å². The van der Waals surface area contributed by atoms with Gasteiger partial charge in [-0.15, -0.1) is 0 Å². The Kier molecular flexibility index (Phi) is 3.61. The number of ether oxygens (including phenoxy) is 1. The van der Waals surface area contributed by atoms with Crippen LogP contribution in [0, 0.1) is 6.92 Å². The molecule has 7 heteroatoms. The van der Waals surface area contributed by atoms with Crippen LogP contribution in [0.4, 0.5) is 5.82 Å². The number of nitrogens with one attached hydrogen (secondary N) is 1. The minimum atomic E-state index is -0.706. The van der Waals surface area contributed by atoms with Crippen LogP contribution in [0.2, 0.25) is 0 Å². The zero-order chi connectivity index (χ0) is 15.5. The van der Waals surface area contributed by atoms with Crippen molar-refractivity contribution in [2.75, 3.05) is 11.9 Å². The van der Waals surface area contributed by atoms with E-state index >= 15 is 0 Å². The SMILES string of the molecule is Cc1cc(NC(=O)COC(=O)c2cc3ccccc3o2)no1. The molecule has 0 spiro atoms. The number of hydrogen-bond donors (Lipinski definition) is 1. The molecule has 2 heterocycles. The molecule has 3 aromatic rings. The Labute approximate surface area is 124 Å². The highest BCUT2D eigenvalue weighted by Gasteiger charge is 2.15. The summed E-state index contributed by atoms with van der Waals surface area (Å²) < 4.78 is 15.1. The second-order valence-electron chi connectivity index (χ2n) is 4.60. The van der Waals surface area contributed by atoms with E-state index in [0.717, 1.165) is 5.39 Å². The van der Waals surface area contributed by atoms with Crippen molar-refractivity contribution in [3.8, 4) is 0 Å². The molecule has 0 bridgehead atoms. The van der Waals surface area contributed by atoms with Crippen LogP contribution < -0.4 is 5.32 Å². The third-order valence-electron chi connectivity index (χ3n) is 2.86. The van der Waals surface area contributed by atoms with Crippen LogP contribution in [0.15, 0.2) is 45.3 Å². The topological polar surface area (TPSA) is 94.6 Å². The number of hydrogen-bond acceptors (Lipinski definition) is 6. The zero-order valence-corrected chi connectivity index (χ0v) is 11.7. The van der Waals surface area contributed by atoms with Crippen molar-refractivity contribution in [2.45, 2.75) is 6.92 Å². The molecule has 0 fully saturated rings. The zero-order valence-electron chi connectivity index (χ0n) is 11.7. The lowest BCUT2D eigenvalue weighted by molar-refractivity contribution is -0.119. The van der Waals surface area contributed by atoms with Gasteiger partial charge < -0.3 is 19.0 Å². The van der Waals surface area contributed by atoms with Crippen molar-refractivity contribution < 1.29 is 23.3 Å². The molecule has 0 aliphatic heterocycles. The smallest absolute Gasteiger partial charge is 0.374 e. The van der Waals surface area contributed by atoms with Gasteiger partial charge in [0.25, 0.3) is 5.91 Å². The fraction of sp³-hybridized carbons (Fsp3) is 0.133. The first kappa shape index (κ1) is 13.9. The molecule has 0 radical (unpaired) electrons. The second-order valence-corrected chi connectivity index (χ2v) is 4.60. The van der Waals surface area contributed by atoms with Gasteiger partial charge in [-0.25, -0.2) is 4.79 Å². The van der Waals surface area contributed by atoms with Crippen LogP contribution in [0.1, 0.15) is 16.3 Å². The Balaban J connectivity index is 1.58. The van der Waals surface area contributed by atoms with Crippen molar-refractivity contribution >= 4 is 28.7 Å². The molecule has 0 saturated carbocycles. The minimum absolute atomic E-state index is 0.0475. The molecule has 0 atom stereocenters. The normalized spacial score (nSPS) is 10.6. The number of rotatable bonds is 4. The van der Waals surface area contributed by atoms with E-state index in [4.69, 9.17) is 13.7 Å². The highest BCUT2D eigenvalue weighted by atomic mass is 16.5. The number of furan rings is 1. The largest absolute Gasteiger partial charge is 0.450 e. The van der Waals surface area contributed by atoms with Crippen LogP contribution in [0.3, 0.4) is 0 Å². The average Bonchev–Trinajstić information content (AvgIpc) is 3.10. The number of amides is 1. The Morgan fingerprint density at radius 3 is 2.82 bits per heavy atom. The molecule has 1 N–H and O–H groups in total. The summed E-state index contributed by atoms with van der Waals surface area (Å²) in [5, 5.41) is 6.84. The molecule has 0 aliphatic rings. The lowest BCUT2D eigenvalue weighted by Gasteiger charge is -2.02. The van der Waals surface area contributed by atoms with Crippen molar-refractivity contribution in [3.63, 3.8) is 0 Å². The monoisotopic (exact) mass is 300 g/mol. The predicted molar refractivity (Wildman–Crippen MR) is 76.4 cm³/mol. The maximum absolute atomic E-state index is 11.8. The summed E-state index contributed by atoms with van der Waals surface area (Å²) >= 11 is 0. The number of carbonyl (C=O) groups is 2. The molecule has 1 aromatic carbocycles. The van der Waals surface area contributed by atoms with Gasteiger partial charge in [0.15, 0.2) is 12.4 Å². The van der Waals surface area contributed by atoms with Gasteiger partial charge in [-0.1, -0.05) is 23.4 Å². The Morgan fingerprint density at radius 1 is 1.27 bits per heavy atom. The van der Waals surface area contributed by atoms with Crippen molar-refractivity contribution in [2.24, 2.45) is 0 Å². The lowest BCUT2D eigenvalue weighted by Crippen LogP contribution is -2.20. The van der Waals surface area contributed by atoms with Crippen LogP contribution in [0.5, 0.6) is 0 Å². The second kappa shape index (κ2) is 5.72. The molecule has 1 amide bonds. The lowest BCUT2D eigenvalue weighted by atomic mass is 10.2. The van der Waals surface area contributed by atoms with Gasteiger partial charge >= 0.3 is 5.97 Å². The summed E-state index contributed by atoms with van der Waals surface area (Å²) in [7, 11) is 0. The van der Waals surface area contributed by atoms with Gasteiger partial charge in [0.05, 0.1) is 0 Å². The van der Waals surface area contributed by atoms with E-state index in [0.29, 0.717) is 11.3 Å². The highest BCUT2D eigenvalue weighted by Crippen LogP contribution is 2.19. The number of para-hydroxylation sites is 1. The average molecular weight is 300 g/mol. The quantitative estimate of drug-likeness (QED) is 0.744. The van der Waals surface area contributed by atoms with Crippen molar-refractivity contribution in [1.29, 1.82) is 0 Å². The molecular weight excluding hydrogens is 288 g/mol. The van der Waals surface area contributed by atoms with Crippen molar-refractivity contribution in [3.05, 3.63) is 47.9 Å². The summed E-state index contributed by atoms with van der Waals surface area (Å²) in [5.41, 5.74) is 0.581. The Hall–Kier alpha value is -3.09. The molecule has 7 nitrogen and oxygen atoms in total. The number of esters is 1. The number of carbonyl (C=O) groups excluding carboxylic acids is 2. The third kappa shape index (κ3) is 2.98. The van der Waals surface area contributed by atoms with Crippen LogP contribution in [-0.4, -0.2) is 23.6 Å². The number of aromatic nitrogens is 1. The first-order valence-electron chi connectivity index (χ1n) is 6.51. The van der Waals surface area contributed by atoms with E-state index in [-0.39, 0.29) is 11.6 Å². The summed E-state index contributed by atoms with van der Waals surface area (Å²) in [6.45, 7) is 1.26. The fourth-order valence-corrected chi connectivity index (χ4v) is 1.89. The summed E-state index contributed by atoms with van der Waals surface area (Å²) in [6.07, 6.45) is 0. The van der Waals surface area contributed by atoms with Gasteiger partial charge in [-0.3, -0.25) is 4.79 Å². The molecule has 0 unspecified atom stereocenters. The standard InChI is InChI=1S/C15H12N2O5/c1-9-6-13(17-22-9)16-14(18)8-20-15(19)12-7-10-4-2-3-5-11(10)21-12/h2-7H,8H2,1H3,(H,16,17,18). The van der Waals surface area contributed by atoms with E-state index in [1.54, 1.807) is 31.2 Å². The fourth-order valence-electron chi connectivity index (χ4n) is 1.89. The van der Waals surface area contributed by atoms with Crippen molar-refractivity contribution in [1.82, 2.24) is 5.16 Å². The Bertz CT molecular complexity index is 800. The van der Waals surface area contributed by atoms with E-state index in [2.05, 4.69) is 10.5 Å². The van der Waals surface area contributed by atoms with Crippen LogP contribution in [-0.2, 0) is 9.53 Å². The minimum Gasteiger partial charge on any atom is -0.450 e. The first-order valence-corrected chi connectivity index (χ1v) is 6.51. The summed E-state index contributed by atoms with van der Waals surface area (Å²) in [4.78, 5) is 23.5. The van der Waals surface area contributed by atoms with Gasteiger partial charge in [0, 0.05) is 11.5 Å². The van der Waals surface area contributed by atoms with Crippen LogP contribution in [0.25, 0.3) is 11.0 Å². The molecule has 112 valence electrons. The maximum Gasteiger partial charge on any atom is 0.374 e. The van der Waals surface area contributed by atoms with Gasteiger partial charge in [-0.2, -0.15) is 0 Å². The Morgan fingerprint density at radius 2 is 2.09 bits per heavy atom. The number of fused-ring (bicyclic) bond motifs is 1. The van der Waals surface area contributed by atoms with E-state index < -0.39 is 18.5 Å². The van der Waals surface area contributed by atoms with Gasteiger partial charge in [0.2, 0.25) is 5.76 Å². The number of nitrogens with zero attached hydrogens (tertiary/aromatic N) is 1. The summed E-state index contributed by atoms with van der Waals surface area (Å²) in [5.74, 6) is -0.344. The molecule has 2 aromatic heterocycles. The first-order chi connectivity index (χ1) is 10.6. The van der Waals surface area contributed by atoms with Crippen LogP contribution >= 0.6 is 0 Å². The third-order valence-corrected chi connectivity index (χ3v) is 2.86. The molecular formula is C15H12N2O5. The van der Waals surface area contributed by atoms with E-state index in [1.165, 1.54) is 0 Å². The van der Waals surface area contributed by atoms with E-state index in [1.807, 2.05) is 12.1 Å². The predicted octanol–water partition coefficient (Wildman–Crippen LogP) is 2.52. The van der Waals surface area contributed by atoms with E-state index in [9.17, 15) is 9.59 Å². The number of aryl methyl sites for hydroxylation is 1. The molecule has 0 aliphatic carbocycles. The van der Waals surface area contributed by atoms with Gasteiger partial charge in [-0.05, 0) is 19.1 Å². The highest BCUT2D eigenvalue weighted by molar-refractivity contribution is 5.96. The molecule has 3 rings (SSSR count).